The van der Waals surface area contributed by atoms with Gasteiger partial charge < -0.3 is 16.0 Å². The zero-order valence-corrected chi connectivity index (χ0v) is 19.1. The first-order valence-corrected chi connectivity index (χ1v) is 10.8. The largest absolute Gasteiger partial charge is 0.334 e. The van der Waals surface area contributed by atoms with Crippen LogP contribution in [0.4, 0.5) is 13.6 Å². The van der Waals surface area contributed by atoms with Crippen molar-refractivity contribution in [3.8, 4) is 0 Å². The molecule has 0 aliphatic heterocycles. The third kappa shape index (κ3) is 8.27. The summed E-state index contributed by atoms with van der Waals surface area (Å²) in [6, 6.07) is 9.78. The van der Waals surface area contributed by atoms with Gasteiger partial charge in [-0.1, -0.05) is 36.9 Å². The second-order valence-electron chi connectivity index (χ2n) is 7.91. The lowest BCUT2D eigenvalue weighted by Crippen LogP contribution is -2.46. The summed E-state index contributed by atoms with van der Waals surface area (Å²) in [6.07, 6.45) is 4.34. The topological polar surface area (TPSA) is 75.4 Å². The van der Waals surface area contributed by atoms with Crippen LogP contribution in [0.1, 0.15) is 31.7 Å². The molecule has 0 heterocycles. The van der Waals surface area contributed by atoms with E-state index in [0.29, 0.717) is 22.8 Å². The van der Waals surface area contributed by atoms with Gasteiger partial charge in [0.1, 0.15) is 17.4 Å². The summed E-state index contributed by atoms with van der Waals surface area (Å²) in [7, 11) is 1.61. The summed E-state index contributed by atoms with van der Waals surface area (Å²) >= 11 is 0. The highest BCUT2D eigenvalue weighted by molar-refractivity contribution is 5.83. The lowest BCUT2D eigenvalue weighted by atomic mass is 10.0. The molecule has 33 heavy (non-hydrogen) atoms. The predicted molar refractivity (Wildman–Crippen MR) is 127 cm³/mol. The number of hydrogen-bond donors (Lipinski definition) is 2. The van der Waals surface area contributed by atoms with Crippen molar-refractivity contribution in [2.45, 2.75) is 38.8 Å². The van der Waals surface area contributed by atoms with E-state index in [-0.39, 0.29) is 55.4 Å². The summed E-state index contributed by atoms with van der Waals surface area (Å²) in [5.41, 5.74) is 7.06. The minimum absolute atomic E-state index is 0.0401. The van der Waals surface area contributed by atoms with Gasteiger partial charge in [-0.2, -0.15) is 0 Å². The normalized spacial score (nSPS) is 13.0. The minimum atomic E-state index is -0.367. The van der Waals surface area contributed by atoms with Crippen LogP contribution in [0.25, 0.3) is 12.2 Å². The molecule has 0 unspecified atom stereocenters. The molecule has 2 aromatic carbocycles. The molecular formula is C26H31F2N3O2. The van der Waals surface area contributed by atoms with Gasteiger partial charge in [-0.3, -0.25) is 4.79 Å². The van der Waals surface area contributed by atoms with Crippen molar-refractivity contribution in [1.82, 2.24) is 10.2 Å². The molecule has 176 valence electrons. The van der Waals surface area contributed by atoms with E-state index in [1.54, 1.807) is 31.3 Å². The molecule has 0 saturated heterocycles. The fourth-order valence-electron chi connectivity index (χ4n) is 3.46. The van der Waals surface area contributed by atoms with Gasteiger partial charge in [0.2, 0.25) is 0 Å². The Hall–Kier alpha value is -3.32. The van der Waals surface area contributed by atoms with Gasteiger partial charge in [0.15, 0.2) is 0 Å². The molecule has 0 aliphatic carbocycles. The van der Waals surface area contributed by atoms with E-state index in [9.17, 15) is 18.4 Å². The van der Waals surface area contributed by atoms with Crippen molar-refractivity contribution in [3.05, 3.63) is 82.3 Å². The predicted octanol–water partition coefficient (Wildman–Crippen LogP) is 3.01. The number of allylic oxidation sites excluding steroid dienone is 1. The molecule has 1 atom stereocenters. The maximum Gasteiger partial charge on any atom is 0.317 e. The summed E-state index contributed by atoms with van der Waals surface area (Å²) < 4.78 is 26.8. The highest BCUT2D eigenvalue weighted by Gasteiger charge is 2.19. The molecule has 7 heteroatoms. The van der Waals surface area contributed by atoms with Crippen LogP contribution in [-0.4, -0.2) is 36.3 Å². The first kappa shape index (κ1) is 25.9. The molecule has 0 aliphatic rings. The van der Waals surface area contributed by atoms with Gasteiger partial charge in [-0.05, 0) is 59.2 Å². The van der Waals surface area contributed by atoms with Gasteiger partial charge in [-0.15, -0.1) is 0 Å². The smallest absolute Gasteiger partial charge is 0.317 e. The molecule has 5 nitrogen and oxygen atoms in total. The molecule has 2 amide bonds. The molecular weight excluding hydrogens is 424 g/mol. The Morgan fingerprint density at radius 2 is 1.88 bits per heavy atom. The fraction of sp³-hybridized carbons (Fsp3) is 0.308. The number of nitrogens with one attached hydrogen (secondary N) is 1. The number of ketones is 1. The zero-order chi connectivity index (χ0) is 24.4. The van der Waals surface area contributed by atoms with E-state index in [0.717, 1.165) is 5.22 Å². The summed E-state index contributed by atoms with van der Waals surface area (Å²) in [6.45, 7) is 6.17. The number of likely N-dealkylation sites (N-methyl/N-ethyl adjacent to an activating group) is 1. The summed E-state index contributed by atoms with van der Waals surface area (Å²) in [5.74, 6) is -0.758. The van der Waals surface area contributed by atoms with Crippen molar-refractivity contribution in [2.24, 2.45) is 5.73 Å². The van der Waals surface area contributed by atoms with E-state index < -0.39 is 0 Å². The van der Waals surface area contributed by atoms with Crippen LogP contribution in [0.15, 0.2) is 54.6 Å². The Kier molecular flexibility index (Phi) is 9.94. The number of carbonyl (C=O) groups excluding carboxylic acids is 2. The van der Waals surface area contributed by atoms with Gasteiger partial charge in [0.25, 0.3) is 0 Å². The van der Waals surface area contributed by atoms with Crippen molar-refractivity contribution in [3.63, 3.8) is 0 Å². The van der Waals surface area contributed by atoms with Crippen LogP contribution in [0, 0.1) is 11.6 Å². The molecule has 0 bridgehead atoms. The third-order valence-corrected chi connectivity index (χ3v) is 5.37. The van der Waals surface area contributed by atoms with Crippen LogP contribution >= 0.6 is 0 Å². The Morgan fingerprint density at radius 3 is 2.55 bits per heavy atom. The van der Waals surface area contributed by atoms with E-state index in [2.05, 4.69) is 11.9 Å². The SMILES string of the molecule is C=C(/C=c1/cc(F)cc/c1=C/C)CC(=O)CC[C@H](CN)N(C)C(=O)NCc1cccc(F)c1. The lowest BCUT2D eigenvalue weighted by Gasteiger charge is -2.27. The quantitative estimate of drug-likeness (QED) is 0.578. The molecule has 0 spiro atoms. The number of amides is 2. The first-order valence-electron chi connectivity index (χ1n) is 10.8. The Morgan fingerprint density at radius 1 is 1.15 bits per heavy atom. The molecule has 0 radical (unpaired) electrons. The van der Waals surface area contributed by atoms with Gasteiger partial charge in [0, 0.05) is 39.0 Å². The number of benzene rings is 2. The van der Waals surface area contributed by atoms with E-state index >= 15 is 0 Å². The maximum absolute atomic E-state index is 13.6. The van der Waals surface area contributed by atoms with E-state index in [1.807, 2.05) is 13.0 Å². The van der Waals surface area contributed by atoms with Crippen molar-refractivity contribution >= 4 is 24.0 Å². The van der Waals surface area contributed by atoms with Crippen LogP contribution < -0.4 is 21.5 Å². The molecule has 2 rings (SSSR count). The number of Topliss-reactive ketones (excluding diaryl/α,β-unsaturated/α-hetero) is 1. The number of carbonyl (C=O) groups is 2. The first-order chi connectivity index (χ1) is 15.7. The molecule has 0 fully saturated rings. The summed E-state index contributed by atoms with van der Waals surface area (Å²) in [4.78, 5) is 26.4. The zero-order valence-electron chi connectivity index (χ0n) is 19.1. The molecule has 3 N–H and O–H groups in total. The maximum atomic E-state index is 13.6. The standard InChI is InChI=1S/C26H31F2N3O2/c1-4-20-8-9-23(28)15-21(20)12-18(2)13-25(32)11-10-24(16-29)31(3)26(33)30-17-19-6-5-7-22(27)14-19/h4-9,12,14-15,24H,2,10-11,13,16-17,29H2,1,3H3,(H,30,33)/b20-4-,21-12-/t24-/m1/s1. The fourth-order valence-corrected chi connectivity index (χ4v) is 3.46. The molecule has 0 aromatic heterocycles. The van der Waals surface area contributed by atoms with Crippen molar-refractivity contribution in [1.29, 1.82) is 0 Å². The highest BCUT2D eigenvalue weighted by atomic mass is 19.1. The van der Waals surface area contributed by atoms with Gasteiger partial charge in [-0.25, -0.2) is 13.6 Å². The van der Waals surface area contributed by atoms with Gasteiger partial charge >= 0.3 is 6.03 Å². The average Bonchev–Trinajstić information content (AvgIpc) is 2.77. The van der Waals surface area contributed by atoms with E-state index in [4.69, 9.17) is 5.73 Å². The molecule has 0 saturated carbocycles. The third-order valence-electron chi connectivity index (χ3n) is 5.37. The Balaban J connectivity index is 1.89. The average molecular weight is 456 g/mol. The van der Waals surface area contributed by atoms with Crippen molar-refractivity contribution < 1.29 is 18.4 Å². The minimum Gasteiger partial charge on any atom is -0.334 e. The van der Waals surface area contributed by atoms with Crippen LogP contribution in [0.3, 0.4) is 0 Å². The second-order valence-corrected chi connectivity index (χ2v) is 7.91. The number of urea groups is 1. The van der Waals surface area contributed by atoms with Gasteiger partial charge in [0.05, 0.1) is 0 Å². The van der Waals surface area contributed by atoms with E-state index in [1.165, 1.54) is 29.2 Å². The number of hydrogen-bond acceptors (Lipinski definition) is 3. The number of nitrogens with zero attached hydrogens (tertiary/aromatic N) is 1. The number of rotatable bonds is 10. The van der Waals surface area contributed by atoms with Crippen LogP contribution in [0.5, 0.6) is 0 Å². The number of nitrogens with two attached hydrogens (primary N) is 1. The monoisotopic (exact) mass is 455 g/mol. The molecule has 2 aromatic rings. The summed E-state index contributed by atoms with van der Waals surface area (Å²) in [5, 5.41) is 4.26. The van der Waals surface area contributed by atoms with Crippen LogP contribution in [0.2, 0.25) is 0 Å². The lowest BCUT2D eigenvalue weighted by molar-refractivity contribution is -0.118. The number of halogens is 2. The Labute approximate surface area is 193 Å². The van der Waals surface area contributed by atoms with Crippen molar-refractivity contribution in [2.75, 3.05) is 13.6 Å². The highest BCUT2D eigenvalue weighted by Crippen LogP contribution is 2.10. The van der Waals surface area contributed by atoms with Crippen LogP contribution in [-0.2, 0) is 11.3 Å². The second kappa shape index (κ2) is 12.6. The Bertz CT molecular complexity index is 1110.